The summed E-state index contributed by atoms with van der Waals surface area (Å²) >= 11 is 3.32. The average molecular weight is 310 g/mol. The third-order valence-corrected chi connectivity index (χ3v) is 3.26. The molecular weight excluding hydrogens is 294 g/mol. The number of hydrogen-bond donors (Lipinski definition) is 0. The van der Waals surface area contributed by atoms with E-state index in [-0.39, 0.29) is 11.3 Å². The minimum Gasteiger partial charge on any atom is -0.308 e. The maximum atomic E-state index is 11.3. The van der Waals surface area contributed by atoms with E-state index in [2.05, 4.69) is 26.1 Å². The molecule has 0 N–H and O–H groups in total. The van der Waals surface area contributed by atoms with Crippen LogP contribution in [0, 0.1) is 0 Å². The van der Waals surface area contributed by atoms with Crippen LogP contribution in [-0.4, -0.2) is 29.4 Å². The van der Waals surface area contributed by atoms with Gasteiger partial charge < -0.3 is 4.57 Å². The van der Waals surface area contributed by atoms with Gasteiger partial charge in [0.05, 0.1) is 5.33 Å². The van der Waals surface area contributed by atoms with Crippen molar-refractivity contribution in [3.8, 4) is 0 Å². The first-order chi connectivity index (χ1) is 7.15. The topological polar surface area (TPSA) is 64.8 Å². The molecule has 0 unspecified atom stereocenters. The van der Waals surface area contributed by atoms with E-state index < -0.39 is 9.84 Å². The lowest BCUT2D eigenvalue weighted by molar-refractivity contribution is 0.377. The van der Waals surface area contributed by atoms with Gasteiger partial charge in [0.25, 0.3) is 0 Å². The molecule has 1 aromatic heterocycles. The van der Waals surface area contributed by atoms with E-state index in [9.17, 15) is 8.42 Å². The summed E-state index contributed by atoms with van der Waals surface area (Å²) in [6.07, 6.45) is 1.20. The van der Waals surface area contributed by atoms with Gasteiger partial charge in [0.1, 0.15) is 17.4 Å². The second-order valence-electron chi connectivity index (χ2n) is 4.74. The van der Waals surface area contributed by atoms with Crippen molar-refractivity contribution >= 4 is 25.8 Å². The molecule has 0 aliphatic rings. The smallest absolute Gasteiger partial charge is 0.154 e. The summed E-state index contributed by atoms with van der Waals surface area (Å²) in [6, 6.07) is 0. The number of nitrogens with zero attached hydrogens (tertiary/aromatic N) is 3. The summed E-state index contributed by atoms with van der Waals surface area (Å²) in [6.45, 7) is 5.98. The van der Waals surface area contributed by atoms with Crippen LogP contribution in [-0.2, 0) is 26.5 Å². The van der Waals surface area contributed by atoms with Crippen LogP contribution in [0.25, 0.3) is 0 Å². The van der Waals surface area contributed by atoms with Crippen molar-refractivity contribution < 1.29 is 8.42 Å². The number of halogens is 1. The minimum absolute atomic E-state index is 0.0791. The Kier molecular flexibility index (Phi) is 3.79. The first-order valence-corrected chi connectivity index (χ1v) is 8.00. The summed E-state index contributed by atoms with van der Waals surface area (Å²) in [5.41, 5.74) is -0.230. The van der Waals surface area contributed by atoms with Crippen LogP contribution >= 0.6 is 15.9 Å². The molecule has 1 rings (SSSR count). The second-order valence-corrected chi connectivity index (χ2v) is 7.44. The molecule has 0 saturated heterocycles. The second kappa shape index (κ2) is 4.44. The quantitative estimate of drug-likeness (QED) is 0.793. The standard InChI is InChI=1S/C9H16BrN3O2S/c1-9(2,3)13-7(5-10)11-12-8(13)6-16(4,14)15/h5-6H2,1-4H3. The highest BCUT2D eigenvalue weighted by Crippen LogP contribution is 2.21. The van der Waals surface area contributed by atoms with Crippen LogP contribution in [0.1, 0.15) is 32.4 Å². The number of alkyl halides is 1. The summed E-state index contributed by atoms with van der Waals surface area (Å²) in [4.78, 5) is 0. The van der Waals surface area contributed by atoms with Gasteiger partial charge in [0.2, 0.25) is 0 Å². The molecule has 0 aliphatic carbocycles. The normalized spacial score (nSPS) is 13.1. The Morgan fingerprint density at radius 3 is 2.12 bits per heavy atom. The van der Waals surface area contributed by atoms with Crippen molar-refractivity contribution in [1.29, 1.82) is 0 Å². The SMILES string of the molecule is CC(C)(C)n1c(CBr)nnc1CS(C)(=O)=O. The molecule has 0 saturated carbocycles. The van der Waals surface area contributed by atoms with E-state index >= 15 is 0 Å². The molecule has 7 heteroatoms. The van der Waals surface area contributed by atoms with Gasteiger partial charge >= 0.3 is 0 Å². The summed E-state index contributed by atoms with van der Waals surface area (Å²) < 4.78 is 24.4. The van der Waals surface area contributed by atoms with Gasteiger partial charge in [0, 0.05) is 11.8 Å². The molecule has 5 nitrogen and oxygen atoms in total. The van der Waals surface area contributed by atoms with Crippen molar-refractivity contribution in [1.82, 2.24) is 14.8 Å². The molecule has 0 radical (unpaired) electrons. The maximum Gasteiger partial charge on any atom is 0.154 e. The molecule has 0 bridgehead atoms. The van der Waals surface area contributed by atoms with Crippen LogP contribution in [0.2, 0.25) is 0 Å². The lowest BCUT2D eigenvalue weighted by Crippen LogP contribution is -2.27. The minimum atomic E-state index is -3.09. The van der Waals surface area contributed by atoms with Gasteiger partial charge in [-0.1, -0.05) is 15.9 Å². The Morgan fingerprint density at radius 1 is 1.25 bits per heavy atom. The summed E-state index contributed by atoms with van der Waals surface area (Å²) in [5, 5.41) is 8.49. The van der Waals surface area contributed by atoms with Crippen molar-refractivity contribution in [2.24, 2.45) is 0 Å². The fraction of sp³-hybridized carbons (Fsp3) is 0.778. The monoisotopic (exact) mass is 309 g/mol. The Balaban J connectivity index is 3.26. The van der Waals surface area contributed by atoms with Gasteiger partial charge in [-0.2, -0.15) is 0 Å². The number of hydrogen-bond acceptors (Lipinski definition) is 4. The van der Waals surface area contributed by atoms with Crippen LogP contribution in [0.15, 0.2) is 0 Å². The summed E-state index contributed by atoms with van der Waals surface area (Å²) in [5.74, 6) is 1.15. The molecular formula is C9H16BrN3O2S. The molecule has 0 amide bonds. The highest BCUT2D eigenvalue weighted by molar-refractivity contribution is 9.08. The zero-order chi connectivity index (χ0) is 12.6. The van der Waals surface area contributed by atoms with E-state index in [1.807, 2.05) is 25.3 Å². The summed E-state index contributed by atoms with van der Waals surface area (Å²) in [7, 11) is -3.09. The lowest BCUT2D eigenvalue weighted by atomic mass is 10.1. The van der Waals surface area contributed by atoms with Crippen molar-refractivity contribution in [2.75, 3.05) is 6.26 Å². The first-order valence-electron chi connectivity index (χ1n) is 4.82. The van der Waals surface area contributed by atoms with E-state index in [0.717, 1.165) is 5.82 Å². The van der Waals surface area contributed by atoms with E-state index in [0.29, 0.717) is 11.2 Å². The van der Waals surface area contributed by atoms with Gasteiger partial charge in [0.15, 0.2) is 9.84 Å². The zero-order valence-corrected chi connectivity index (χ0v) is 12.3. The molecule has 0 atom stereocenters. The van der Waals surface area contributed by atoms with E-state index in [4.69, 9.17) is 0 Å². The van der Waals surface area contributed by atoms with Crippen LogP contribution in [0.5, 0.6) is 0 Å². The van der Waals surface area contributed by atoms with Gasteiger partial charge in [-0.3, -0.25) is 0 Å². The molecule has 1 heterocycles. The molecule has 0 spiro atoms. The highest BCUT2D eigenvalue weighted by atomic mass is 79.9. The molecule has 0 aromatic carbocycles. The zero-order valence-electron chi connectivity index (χ0n) is 9.86. The third-order valence-electron chi connectivity index (χ3n) is 1.98. The third kappa shape index (κ3) is 3.28. The fourth-order valence-corrected chi connectivity index (χ4v) is 2.56. The lowest BCUT2D eigenvalue weighted by Gasteiger charge is -2.24. The maximum absolute atomic E-state index is 11.3. The van der Waals surface area contributed by atoms with Crippen molar-refractivity contribution in [3.05, 3.63) is 11.6 Å². The van der Waals surface area contributed by atoms with Gasteiger partial charge in [-0.15, -0.1) is 10.2 Å². The van der Waals surface area contributed by atoms with Crippen LogP contribution in [0.3, 0.4) is 0 Å². The molecule has 92 valence electrons. The highest BCUT2D eigenvalue weighted by Gasteiger charge is 2.24. The van der Waals surface area contributed by atoms with Crippen LogP contribution < -0.4 is 0 Å². The fourth-order valence-electron chi connectivity index (χ4n) is 1.54. The Morgan fingerprint density at radius 2 is 1.75 bits per heavy atom. The van der Waals surface area contributed by atoms with Crippen molar-refractivity contribution in [2.45, 2.75) is 37.4 Å². The predicted octanol–water partition coefficient (Wildman–Crippen LogP) is 1.47. The predicted molar refractivity (Wildman–Crippen MR) is 66.2 cm³/mol. The van der Waals surface area contributed by atoms with Crippen molar-refractivity contribution in [3.63, 3.8) is 0 Å². The molecule has 1 aromatic rings. The Labute approximate surface area is 104 Å². The first kappa shape index (κ1) is 13.6. The van der Waals surface area contributed by atoms with E-state index in [1.165, 1.54) is 6.26 Å². The largest absolute Gasteiger partial charge is 0.308 e. The molecule has 0 aliphatic heterocycles. The van der Waals surface area contributed by atoms with Crippen LogP contribution in [0.4, 0.5) is 0 Å². The average Bonchev–Trinajstić information content (AvgIpc) is 2.43. The Bertz CT molecular complexity index is 473. The van der Waals surface area contributed by atoms with Gasteiger partial charge in [-0.25, -0.2) is 8.42 Å². The Hall–Kier alpha value is -0.430. The number of rotatable bonds is 3. The van der Waals surface area contributed by atoms with E-state index in [1.54, 1.807) is 0 Å². The number of sulfone groups is 1. The molecule has 0 fully saturated rings. The number of aromatic nitrogens is 3. The molecule has 16 heavy (non-hydrogen) atoms. The van der Waals surface area contributed by atoms with Gasteiger partial charge in [-0.05, 0) is 20.8 Å².